The molecule has 36 heavy (non-hydrogen) atoms. The smallest absolute Gasteiger partial charge is 0.242 e. The van der Waals surface area contributed by atoms with Gasteiger partial charge in [0.1, 0.15) is 0 Å². The lowest BCUT2D eigenvalue weighted by molar-refractivity contribution is -0.141. The Hall–Kier alpha value is -2.54. The molecule has 1 saturated heterocycles. The van der Waals surface area contributed by atoms with Gasteiger partial charge < -0.3 is 25.8 Å². The number of nitrogens with zero attached hydrogens (tertiary/aromatic N) is 3. The predicted octanol–water partition coefficient (Wildman–Crippen LogP) is -0.640. The molecule has 1 fully saturated rings. The van der Waals surface area contributed by atoms with E-state index in [9.17, 15) is 22.8 Å². The number of primary sulfonamides is 1. The summed E-state index contributed by atoms with van der Waals surface area (Å²) in [7, 11) is -3.80. The van der Waals surface area contributed by atoms with Gasteiger partial charge in [0.15, 0.2) is 0 Å². The van der Waals surface area contributed by atoms with Crippen molar-refractivity contribution < 1.29 is 22.8 Å². The highest BCUT2D eigenvalue weighted by Crippen LogP contribution is 2.10. The molecule has 0 radical (unpaired) electrons. The topological polar surface area (TPSA) is 159 Å². The maximum Gasteiger partial charge on any atom is 0.242 e. The van der Waals surface area contributed by atoms with Gasteiger partial charge in [0, 0.05) is 26.2 Å². The summed E-state index contributed by atoms with van der Waals surface area (Å²) in [6.07, 6.45) is 2.80. The zero-order chi connectivity index (χ0) is 26.7. The van der Waals surface area contributed by atoms with E-state index in [-0.39, 0.29) is 48.8 Å². The summed E-state index contributed by atoms with van der Waals surface area (Å²) in [5.41, 5.74) is 6.13. The molecule has 1 aromatic rings. The fraction of sp³-hybridized carbons (Fsp3) is 0.625. The van der Waals surface area contributed by atoms with Crippen LogP contribution in [0.15, 0.2) is 29.2 Å². The molecule has 1 aromatic carbocycles. The van der Waals surface area contributed by atoms with E-state index in [0.717, 1.165) is 25.2 Å². The Morgan fingerprint density at radius 1 is 1.03 bits per heavy atom. The number of carbonyl (C=O) groups is 3. The van der Waals surface area contributed by atoms with Crippen LogP contribution in [0.5, 0.6) is 0 Å². The average Bonchev–Trinajstić information content (AvgIpc) is 3.31. The van der Waals surface area contributed by atoms with Crippen LogP contribution < -0.4 is 16.2 Å². The van der Waals surface area contributed by atoms with Crippen molar-refractivity contribution in [3.8, 4) is 0 Å². The molecule has 0 aliphatic carbocycles. The van der Waals surface area contributed by atoms with Gasteiger partial charge in [-0.15, -0.1) is 0 Å². The molecule has 0 aromatic heterocycles. The van der Waals surface area contributed by atoms with Crippen LogP contribution >= 0.6 is 0 Å². The third kappa shape index (κ3) is 10.6. The van der Waals surface area contributed by atoms with Crippen molar-refractivity contribution in [3.63, 3.8) is 0 Å². The predicted molar refractivity (Wildman–Crippen MR) is 137 cm³/mol. The Morgan fingerprint density at radius 2 is 1.67 bits per heavy atom. The van der Waals surface area contributed by atoms with Gasteiger partial charge >= 0.3 is 0 Å². The first kappa shape index (κ1) is 29.7. The van der Waals surface area contributed by atoms with E-state index in [1.54, 1.807) is 12.1 Å². The molecule has 1 aliphatic heterocycles. The molecule has 5 N–H and O–H groups in total. The van der Waals surface area contributed by atoms with Crippen LogP contribution in [0.3, 0.4) is 0 Å². The largest absolute Gasteiger partial charge is 0.368 e. The van der Waals surface area contributed by atoms with Gasteiger partial charge in [-0.2, -0.15) is 0 Å². The normalized spacial score (nSPS) is 14.2. The number of nitrogens with two attached hydrogens (primary N) is 2. The number of amides is 3. The van der Waals surface area contributed by atoms with Crippen LogP contribution in [-0.2, 0) is 30.8 Å². The number of primary amides is 1. The summed E-state index contributed by atoms with van der Waals surface area (Å²) in [4.78, 5) is 42.8. The van der Waals surface area contributed by atoms with Crippen molar-refractivity contribution in [2.45, 2.75) is 38.0 Å². The summed E-state index contributed by atoms with van der Waals surface area (Å²) in [6, 6.07) is 6.00. The molecule has 202 valence electrons. The van der Waals surface area contributed by atoms with Crippen LogP contribution in [0.1, 0.15) is 32.3 Å². The van der Waals surface area contributed by atoms with Crippen molar-refractivity contribution in [1.29, 1.82) is 0 Å². The van der Waals surface area contributed by atoms with Crippen LogP contribution in [-0.4, -0.2) is 99.7 Å². The molecular weight excluding hydrogens is 484 g/mol. The summed E-state index contributed by atoms with van der Waals surface area (Å²) in [5, 5.41) is 8.30. The fourth-order valence-electron chi connectivity index (χ4n) is 4.10. The van der Waals surface area contributed by atoms with Gasteiger partial charge in [-0.1, -0.05) is 26.0 Å². The van der Waals surface area contributed by atoms with Crippen LogP contribution in [0.4, 0.5) is 0 Å². The molecule has 11 nitrogen and oxygen atoms in total. The summed E-state index contributed by atoms with van der Waals surface area (Å²) < 4.78 is 22.9. The summed E-state index contributed by atoms with van der Waals surface area (Å²) >= 11 is 0. The van der Waals surface area contributed by atoms with E-state index in [1.165, 1.54) is 34.8 Å². The number of benzene rings is 1. The maximum atomic E-state index is 13.1. The lowest BCUT2D eigenvalue weighted by Gasteiger charge is -2.28. The molecule has 2 rings (SSSR count). The Balaban J connectivity index is 1.95. The van der Waals surface area contributed by atoms with Gasteiger partial charge in [0.2, 0.25) is 27.7 Å². The molecule has 0 spiro atoms. The lowest BCUT2D eigenvalue weighted by Crippen LogP contribution is -2.49. The molecule has 0 atom stereocenters. The van der Waals surface area contributed by atoms with Crippen molar-refractivity contribution in [2.75, 3.05) is 58.9 Å². The zero-order valence-corrected chi connectivity index (χ0v) is 22.1. The average molecular weight is 525 g/mol. The number of hydrogen-bond donors (Lipinski definition) is 3. The van der Waals surface area contributed by atoms with Crippen LogP contribution in [0.25, 0.3) is 0 Å². The first-order valence-corrected chi connectivity index (χ1v) is 13.9. The highest BCUT2D eigenvalue weighted by molar-refractivity contribution is 7.89. The van der Waals surface area contributed by atoms with E-state index in [2.05, 4.69) is 10.2 Å². The SMILES string of the molecule is CC(C)CN(CC(=O)N(CCc1ccc(S(N)(=O)=O)cc1)CC(N)=O)C(=O)CNCCN1CCCC1. The summed E-state index contributed by atoms with van der Waals surface area (Å²) in [5.74, 6) is -1.04. The standard InChI is InChI=1S/C24H40N6O5S/c1-19(2)16-30(23(32)15-27-10-14-28-11-3-4-12-28)18-24(33)29(17-22(25)31)13-9-20-5-7-21(8-6-20)36(26,34)35/h5-8,19,27H,3-4,9-18H2,1-2H3,(H2,25,31)(H2,26,34,35). The maximum absolute atomic E-state index is 13.1. The number of sulfonamides is 1. The first-order valence-electron chi connectivity index (χ1n) is 12.3. The fourth-order valence-corrected chi connectivity index (χ4v) is 4.61. The highest BCUT2D eigenvalue weighted by Gasteiger charge is 2.23. The van der Waals surface area contributed by atoms with Gasteiger partial charge in [-0.25, -0.2) is 13.6 Å². The van der Waals surface area contributed by atoms with Crippen LogP contribution in [0, 0.1) is 5.92 Å². The second-order valence-electron chi connectivity index (χ2n) is 9.61. The lowest BCUT2D eigenvalue weighted by atomic mass is 10.1. The van der Waals surface area contributed by atoms with E-state index in [4.69, 9.17) is 10.9 Å². The number of likely N-dealkylation sites (tertiary alicyclic amines) is 1. The van der Waals surface area contributed by atoms with Crippen molar-refractivity contribution in [1.82, 2.24) is 20.0 Å². The minimum Gasteiger partial charge on any atom is -0.368 e. The number of nitrogens with one attached hydrogen (secondary N) is 1. The van der Waals surface area contributed by atoms with Gasteiger partial charge in [-0.3, -0.25) is 14.4 Å². The Bertz CT molecular complexity index is 977. The minimum absolute atomic E-state index is 0.00630. The Labute approximate surface area is 214 Å². The monoisotopic (exact) mass is 524 g/mol. The molecule has 3 amide bonds. The third-order valence-electron chi connectivity index (χ3n) is 5.97. The molecule has 0 unspecified atom stereocenters. The summed E-state index contributed by atoms with van der Waals surface area (Å²) in [6.45, 7) is 8.04. The quantitative estimate of drug-likeness (QED) is 0.257. The van der Waals surface area contributed by atoms with E-state index in [0.29, 0.717) is 19.5 Å². The highest BCUT2D eigenvalue weighted by atomic mass is 32.2. The molecule has 0 bridgehead atoms. The van der Waals surface area contributed by atoms with Crippen molar-refractivity contribution in [2.24, 2.45) is 16.8 Å². The number of hydrogen-bond acceptors (Lipinski definition) is 7. The van der Waals surface area contributed by atoms with E-state index in [1.807, 2.05) is 13.8 Å². The second-order valence-corrected chi connectivity index (χ2v) is 11.2. The molecule has 1 aliphatic rings. The molecule has 12 heteroatoms. The Kier molecular flexibility index (Phi) is 11.8. The number of carbonyl (C=O) groups excluding carboxylic acids is 3. The van der Waals surface area contributed by atoms with Crippen molar-refractivity contribution >= 4 is 27.7 Å². The number of rotatable bonds is 15. The minimum atomic E-state index is -3.80. The molecular formula is C24H40N6O5S. The zero-order valence-electron chi connectivity index (χ0n) is 21.3. The van der Waals surface area contributed by atoms with Gasteiger partial charge in [0.25, 0.3) is 0 Å². The van der Waals surface area contributed by atoms with E-state index < -0.39 is 15.9 Å². The Morgan fingerprint density at radius 3 is 2.22 bits per heavy atom. The van der Waals surface area contributed by atoms with Gasteiger partial charge in [-0.05, 0) is 56.0 Å². The molecule has 1 heterocycles. The van der Waals surface area contributed by atoms with Crippen molar-refractivity contribution in [3.05, 3.63) is 29.8 Å². The van der Waals surface area contributed by atoms with Gasteiger partial charge in [0.05, 0.1) is 24.5 Å². The third-order valence-corrected chi connectivity index (χ3v) is 6.89. The molecule has 0 saturated carbocycles. The first-order chi connectivity index (χ1) is 17.0. The van der Waals surface area contributed by atoms with E-state index >= 15 is 0 Å². The second kappa shape index (κ2) is 14.3. The van der Waals surface area contributed by atoms with Crippen LogP contribution in [0.2, 0.25) is 0 Å².